The van der Waals surface area contributed by atoms with Crippen molar-refractivity contribution in [3.63, 3.8) is 0 Å². The third-order valence-corrected chi connectivity index (χ3v) is 2.66. The Bertz CT molecular complexity index is 373. The second kappa shape index (κ2) is 4.47. The Balaban J connectivity index is 2.14. The molecule has 86 valence electrons. The first kappa shape index (κ1) is 10.9. The van der Waals surface area contributed by atoms with Crippen molar-refractivity contribution in [2.24, 2.45) is 0 Å². The van der Waals surface area contributed by atoms with Gasteiger partial charge in [0.2, 0.25) is 0 Å². The average molecular weight is 221 g/mol. The number of rotatable bonds is 4. The number of nitrogens with zero attached hydrogens (tertiary/aromatic N) is 3. The summed E-state index contributed by atoms with van der Waals surface area (Å²) in [6.07, 6.45) is 5.53. The highest BCUT2D eigenvalue weighted by Crippen LogP contribution is 2.29. The summed E-state index contributed by atoms with van der Waals surface area (Å²) in [5, 5.41) is 0. The van der Waals surface area contributed by atoms with Crippen LogP contribution >= 0.6 is 0 Å². The fourth-order valence-corrected chi connectivity index (χ4v) is 1.67. The number of aromatic nitrogens is 2. The molecule has 0 N–H and O–H groups in total. The average Bonchev–Trinajstić information content (AvgIpc) is 3.14. The summed E-state index contributed by atoms with van der Waals surface area (Å²) in [7, 11) is 1.33. The Morgan fingerprint density at radius 3 is 2.69 bits per heavy atom. The zero-order chi connectivity index (χ0) is 11.5. The van der Waals surface area contributed by atoms with Crippen molar-refractivity contribution < 1.29 is 9.53 Å². The van der Waals surface area contributed by atoms with E-state index >= 15 is 0 Å². The maximum Gasteiger partial charge on any atom is 0.358 e. The first-order chi connectivity index (χ1) is 7.76. The van der Waals surface area contributed by atoms with Gasteiger partial charge in [0.25, 0.3) is 0 Å². The van der Waals surface area contributed by atoms with Gasteiger partial charge in [-0.1, -0.05) is 0 Å². The van der Waals surface area contributed by atoms with Gasteiger partial charge in [0, 0.05) is 12.6 Å². The molecule has 1 aromatic rings. The molecule has 0 radical (unpaired) electrons. The smallest absolute Gasteiger partial charge is 0.358 e. The summed E-state index contributed by atoms with van der Waals surface area (Å²) in [6.45, 7) is 3.01. The van der Waals surface area contributed by atoms with E-state index in [4.69, 9.17) is 0 Å². The van der Waals surface area contributed by atoms with Gasteiger partial charge in [0.05, 0.1) is 19.5 Å². The number of carbonyl (C=O) groups excluding carboxylic acids is 1. The molecule has 0 aliphatic heterocycles. The maximum atomic E-state index is 11.2. The molecule has 2 rings (SSSR count). The van der Waals surface area contributed by atoms with Crippen molar-refractivity contribution in [1.29, 1.82) is 0 Å². The van der Waals surface area contributed by atoms with Crippen molar-refractivity contribution in [2.45, 2.75) is 25.8 Å². The second-order valence-corrected chi connectivity index (χ2v) is 3.77. The van der Waals surface area contributed by atoms with Crippen LogP contribution in [0.3, 0.4) is 0 Å². The molecule has 16 heavy (non-hydrogen) atoms. The molecule has 1 saturated carbocycles. The highest BCUT2D eigenvalue weighted by atomic mass is 16.5. The van der Waals surface area contributed by atoms with Gasteiger partial charge < -0.3 is 9.64 Å². The van der Waals surface area contributed by atoms with Crippen molar-refractivity contribution in [1.82, 2.24) is 9.97 Å². The van der Waals surface area contributed by atoms with Gasteiger partial charge in [-0.15, -0.1) is 0 Å². The summed E-state index contributed by atoms with van der Waals surface area (Å²) < 4.78 is 4.57. The first-order valence-electron chi connectivity index (χ1n) is 5.43. The van der Waals surface area contributed by atoms with E-state index in [1.807, 2.05) is 0 Å². The predicted molar refractivity (Wildman–Crippen MR) is 59.4 cm³/mol. The topological polar surface area (TPSA) is 55.3 Å². The minimum atomic E-state index is -0.450. The second-order valence-electron chi connectivity index (χ2n) is 3.77. The van der Waals surface area contributed by atoms with E-state index in [-0.39, 0.29) is 5.69 Å². The van der Waals surface area contributed by atoms with Crippen LogP contribution in [-0.2, 0) is 4.74 Å². The van der Waals surface area contributed by atoms with E-state index in [9.17, 15) is 4.79 Å². The molecule has 1 heterocycles. The molecule has 0 saturated heterocycles. The van der Waals surface area contributed by atoms with Crippen LogP contribution in [-0.4, -0.2) is 35.6 Å². The summed E-state index contributed by atoms with van der Waals surface area (Å²) >= 11 is 0. The minimum absolute atomic E-state index is 0.248. The lowest BCUT2D eigenvalue weighted by atomic mass is 10.4. The molecule has 0 atom stereocenters. The fraction of sp³-hybridized carbons (Fsp3) is 0.545. The van der Waals surface area contributed by atoms with Gasteiger partial charge in [-0.3, -0.25) is 0 Å². The van der Waals surface area contributed by atoms with Gasteiger partial charge in [-0.25, -0.2) is 14.8 Å². The Labute approximate surface area is 94.5 Å². The fourth-order valence-electron chi connectivity index (χ4n) is 1.67. The third kappa shape index (κ3) is 2.13. The molecule has 0 bridgehead atoms. The lowest BCUT2D eigenvalue weighted by Gasteiger charge is -2.20. The molecular weight excluding hydrogens is 206 g/mol. The lowest BCUT2D eigenvalue weighted by Crippen LogP contribution is -2.26. The van der Waals surface area contributed by atoms with Crippen LogP contribution in [0.2, 0.25) is 0 Å². The molecule has 1 aliphatic carbocycles. The lowest BCUT2D eigenvalue weighted by molar-refractivity contribution is 0.0593. The normalized spacial score (nSPS) is 14.6. The number of hydrogen-bond donors (Lipinski definition) is 0. The van der Waals surface area contributed by atoms with Crippen LogP contribution in [0, 0.1) is 0 Å². The summed E-state index contributed by atoms with van der Waals surface area (Å²) in [5.41, 5.74) is 0.248. The van der Waals surface area contributed by atoms with E-state index in [1.165, 1.54) is 26.1 Å². The highest BCUT2D eigenvalue weighted by molar-refractivity contribution is 5.86. The molecule has 0 amide bonds. The summed E-state index contributed by atoms with van der Waals surface area (Å²) in [4.78, 5) is 21.7. The number of ether oxygens (including phenoxy) is 1. The van der Waals surface area contributed by atoms with Gasteiger partial charge in [0.15, 0.2) is 5.69 Å². The van der Waals surface area contributed by atoms with Crippen molar-refractivity contribution in [3.05, 3.63) is 18.1 Å². The van der Waals surface area contributed by atoms with Gasteiger partial charge >= 0.3 is 5.97 Å². The van der Waals surface area contributed by atoms with Crippen LogP contribution < -0.4 is 4.90 Å². The van der Waals surface area contributed by atoms with Crippen molar-refractivity contribution in [2.75, 3.05) is 18.6 Å². The van der Waals surface area contributed by atoms with Gasteiger partial charge in [-0.05, 0) is 19.8 Å². The number of esters is 1. The van der Waals surface area contributed by atoms with E-state index in [0.717, 1.165) is 12.4 Å². The molecule has 5 heteroatoms. The Morgan fingerprint density at radius 2 is 2.25 bits per heavy atom. The highest BCUT2D eigenvalue weighted by Gasteiger charge is 2.29. The number of hydrogen-bond acceptors (Lipinski definition) is 5. The zero-order valence-electron chi connectivity index (χ0n) is 9.51. The summed E-state index contributed by atoms with van der Waals surface area (Å²) in [6, 6.07) is 0.600. The standard InChI is InChI=1S/C11H15N3O2/c1-3-14(8-4-5-8)10-7-12-9(6-13-10)11(15)16-2/h6-8H,3-5H2,1-2H3. The quantitative estimate of drug-likeness (QED) is 0.716. The monoisotopic (exact) mass is 221 g/mol. The van der Waals surface area contributed by atoms with Crippen LogP contribution in [0.5, 0.6) is 0 Å². The predicted octanol–water partition coefficient (Wildman–Crippen LogP) is 1.25. The van der Waals surface area contributed by atoms with Crippen molar-refractivity contribution >= 4 is 11.8 Å². The third-order valence-electron chi connectivity index (χ3n) is 2.66. The largest absolute Gasteiger partial charge is 0.464 e. The van der Waals surface area contributed by atoms with E-state index in [1.54, 1.807) is 6.20 Å². The van der Waals surface area contributed by atoms with E-state index < -0.39 is 5.97 Å². The molecule has 1 fully saturated rings. The number of carbonyl (C=O) groups is 1. The molecular formula is C11H15N3O2. The van der Waals surface area contributed by atoms with Crippen LogP contribution in [0.4, 0.5) is 5.82 Å². The maximum absolute atomic E-state index is 11.2. The minimum Gasteiger partial charge on any atom is -0.464 e. The molecule has 0 aromatic carbocycles. The van der Waals surface area contributed by atoms with Crippen LogP contribution in [0.1, 0.15) is 30.3 Å². The van der Waals surface area contributed by atoms with Gasteiger partial charge in [-0.2, -0.15) is 0 Å². The summed E-state index contributed by atoms with van der Waals surface area (Å²) in [5.74, 6) is 0.381. The number of anilines is 1. The molecule has 1 aliphatic rings. The Morgan fingerprint density at radius 1 is 1.50 bits per heavy atom. The number of methoxy groups -OCH3 is 1. The Hall–Kier alpha value is -1.65. The van der Waals surface area contributed by atoms with Crippen LogP contribution in [0.15, 0.2) is 12.4 Å². The molecule has 0 unspecified atom stereocenters. The molecule has 0 spiro atoms. The molecule has 1 aromatic heterocycles. The first-order valence-corrected chi connectivity index (χ1v) is 5.43. The van der Waals surface area contributed by atoms with E-state index in [0.29, 0.717) is 6.04 Å². The Kier molecular flexibility index (Phi) is 3.03. The SMILES string of the molecule is CCN(c1cnc(C(=O)OC)cn1)C1CC1. The van der Waals surface area contributed by atoms with Crippen LogP contribution in [0.25, 0.3) is 0 Å². The van der Waals surface area contributed by atoms with Gasteiger partial charge in [0.1, 0.15) is 5.82 Å². The zero-order valence-corrected chi connectivity index (χ0v) is 9.51. The van der Waals surface area contributed by atoms with Crippen molar-refractivity contribution in [3.8, 4) is 0 Å². The van der Waals surface area contributed by atoms with E-state index in [2.05, 4.69) is 26.5 Å². The molecule has 5 nitrogen and oxygen atoms in total.